The van der Waals surface area contributed by atoms with Crippen LogP contribution in [0.5, 0.6) is 0 Å². The Balaban J connectivity index is 0.00000150. The molecule has 0 aliphatic carbocycles. The van der Waals surface area contributed by atoms with Gasteiger partial charge in [0, 0.05) is 68.9 Å². The number of carbonyl (C=O) groups excluding carboxylic acids is 1. The third-order valence-corrected chi connectivity index (χ3v) is 5.09. The van der Waals surface area contributed by atoms with Gasteiger partial charge in [0.15, 0.2) is 0 Å². The summed E-state index contributed by atoms with van der Waals surface area (Å²) in [4.78, 5) is 29.1. The summed E-state index contributed by atoms with van der Waals surface area (Å²) in [5.41, 5.74) is 2.23. The monoisotopic (exact) mass is 441 g/mol. The van der Waals surface area contributed by atoms with Gasteiger partial charge in [-0.25, -0.2) is 4.79 Å². The van der Waals surface area contributed by atoms with E-state index < -0.39 is 5.97 Å². The van der Waals surface area contributed by atoms with Gasteiger partial charge in [0.25, 0.3) is 5.91 Å². The molecule has 3 aromatic rings. The molecule has 2 aromatic carbocycles. The number of nitrogens with zero attached hydrogens (tertiary/aromatic N) is 1. The fourth-order valence-corrected chi connectivity index (χ4v) is 3.96. The van der Waals surface area contributed by atoms with E-state index in [1.807, 2.05) is 30.3 Å². The first kappa shape index (κ1) is 23.5. The molecule has 0 atom stereocenters. The van der Waals surface area contributed by atoms with Crippen molar-refractivity contribution in [3.8, 4) is 0 Å². The van der Waals surface area contributed by atoms with E-state index in [0.29, 0.717) is 45.1 Å². The SMILES string of the molecule is O.O=C(O)c1[nH]c2cc(Cl)cc(Cl)c2c1/C=C1\CCN(c2ccccc2)C1=O.[Na]. The zero-order valence-corrected chi connectivity index (χ0v) is 19.0. The molecule has 0 saturated carbocycles. The van der Waals surface area contributed by atoms with Crippen molar-refractivity contribution < 1.29 is 20.2 Å². The number of benzene rings is 2. The molecule has 1 fully saturated rings. The molecule has 0 bridgehead atoms. The van der Waals surface area contributed by atoms with Gasteiger partial charge in [-0.05, 0) is 36.8 Å². The Morgan fingerprint density at radius 2 is 1.86 bits per heavy atom. The summed E-state index contributed by atoms with van der Waals surface area (Å²) in [7, 11) is 0. The second kappa shape index (κ2) is 9.34. The first-order valence-corrected chi connectivity index (χ1v) is 9.03. The number of carboxylic acid groups (broad SMARTS) is 1. The van der Waals surface area contributed by atoms with Crippen LogP contribution in [0.1, 0.15) is 22.5 Å². The number of carboxylic acids is 1. The molecule has 0 unspecified atom stereocenters. The maximum Gasteiger partial charge on any atom is 0.352 e. The molecule has 9 heteroatoms. The predicted molar refractivity (Wildman–Crippen MR) is 116 cm³/mol. The van der Waals surface area contributed by atoms with Crippen LogP contribution < -0.4 is 4.90 Å². The summed E-state index contributed by atoms with van der Waals surface area (Å²) in [6.45, 7) is 0.541. The average molecular weight is 442 g/mol. The number of halogens is 2. The molecule has 1 aliphatic heterocycles. The molecular formula is C20H16Cl2N2NaO4. The summed E-state index contributed by atoms with van der Waals surface area (Å²) >= 11 is 12.3. The minimum absolute atomic E-state index is 0. The van der Waals surface area contributed by atoms with Crippen molar-refractivity contribution in [2.45, 2.75) is 6.42 Å². The Morgan fingerprint density at radius 3 is 2.52 bits per heavy atom. The number of fused-ring (bicyclic) bond motifs is 1. The number of hydrogen-bond donors (Lipinski definition) is 2. The number of nitrogens with one attached hydrogen (secondary N) is 1. The van der Waals surface area contributed by atoms with Crippen molar-refractivity contribution in [3.05, 3.63) is 69.3 Å². The molecule has 1 saturated heterocycles. The number of aromatic carboxylic acids is 1. The van der Waals surface area contributed by atoms with Crippen LogP contribution in [0, 0.1) is 0 Å². The Hall–Kier alpha value is -1.80. The zero-order chi connectivity index (χ0) is 19.1. The Bertz CT molecular complexity index is 1110. The molecule has 1 aromatic heterocycles. The van der Waals surface area contributed by atoms with Crippen LogP contribution in [-0.2, 0) is 4.79 Å². The van der Waals surface area contributed by atoms with E-state index in [1.165, 1.54) is 0 Å². The van der Waals surface area contributed by atoms with Crippen LogP contribution >= 0.6 is 23.2 Å². The predicted octanol–water partition coefficient (Wildman–Crippen LogP) is 3.79. The van der Waals surface area contributed by atoms with Crippen LogP contribution in [0.3, 0.4) is 0 Å². The van der Waals surface area contributed by atoms with Crippen molar-refractivity contribution in [1.82, 2.24) is 4.98 Å². The largest absolute Gasteiger partial charge is 0.477 e. The van der Waals surface area contributed by atoms with E-state index in [2.05, 4.69) is 4.98 Å². The number of para-hydroxylation sites is 1. The summed E-state index contributed by atoms with van der Waals surface area (Å²) < 4.78 is 0. The zero-order valence-electron chi connectivity index (χ0n) is 15.5. The second-order valence-electron chi connectivity index (χ2n) is 6.24. The maximum absolute atomic E-state index is 12.8. The standard InChI is InChI=1S/C20H14Cl2N2O3.Na.H2O/c21-12-9-15(22)17-14(18(20(26)27)23-16(17)10-12)8-11-6-7-24(19(11)25)13-4-2-1-3-5-13;;/h1-5,8-10,23H,6-7H2,(H,26,27);;1H2/b11-8+;;. The van der Waals surface area contributed by atoms with Crippen molar-refractivity contribution in [2.75, 3.05) is 11.4 Å². The molecule has 4 rings (SSSR count). The number of anilines is 1. The second-order valence-corrected chi connectivity index (χ2v) is 7.08. The third-order valence-electron chi connectivity index (χ3n) is 4.58. The van der Waals surface area contributed by atoms with Gasteiger partial charge >= 0.3 is 5.97 Å². The molecule has 1 amide bonds. The number of H-pyrrole nitrogens is 1. The first-order chi connectivity index (χ1) is 13.0. The topological polar surface area (TPSA) is 105 Å². The molecule has 1 radical (unpaired) electrons. The van der Waals surface area contributed by atoms with Gasteiger partial charge in [-0.1, -0.05) is 41.4 Å². The fraction of sp³-hybridized carbons (Fsp3) is 0.100. The number of aromatic nitrogens is 1. The van der Waals surface area contributed by atoms with Gasteiger partial charge < -0.3 is 20.5 Å². The molecule has 4 N–H and O–H groups in total. The van der Waals surface area contributed by atoms with Crippen LogP contribution in [0.4, 0.5) is 5.69 Å². The van der Waals surface area contributed by atoms with Crippen LogP contribution in [0.2, 0.25) is 10.0 Å². The molecule has 1 aliphatic rings. The van der Waals surface area contributed by atoms with Crippen molar-refractivity contribution >= 4 is 87.3 Å². The van der Waals surface area contributed by atoms with Crippen molar-refractivity contribution in [1.29, 1.82) is 0 Å². The van der Waals surface area contributed by atoms with Crippen LogP contribution in [0.15, 0.2) is 48.0 Å². The minimum Gasteiger partial charge on any atom is -0.477 e. The van der Waals surface area contributed by atoms with Gasteiger partial charge in [-0.3, -0.25) is 4.79 Å². The van der Waals surface area contributed by atoms with Gasteiger partial charge in [0.1, 0.15) is 5.69 Å². The maximum atomic E-state index is 12.8. The molecule has 2 heterocycles. The summed E-state index contributed by atoms with van der Waals surface area (Å²) in [6.07, 6.45) is 2.14. The van der Waals surface area contributed by atoms with E-state index in [-0.39, 0.29) is 46.6 Å². The van der Waals surface area contributed by atoms with Gasteiger partial charge in [-0.2, -0.15) is 0 Å². The molecule has 29 heavy (non-hydrogen) atoms. The van der Waals surface area contributed by atoms with Gasteiger partial charge in [0.05, 0.1) is 5.02 Å². The minimum atomic E-state index is -1.13. The van der Waals surface area contributed by atoms with Crippen molar-refractivity contribution in [3.63, 3.8) is 0 Å². The van der Waals surface area contributed by atoms with Gasteiger partial charge in [-0.15, -0.1) is 0 Å². The summed E-state index contributed by atoms with van der Waals surface area (Å²) in [5.74, 6) is -1.27. The van der Waals surface area contributed by atoms with E-state index in [1.54, 1.807) is 23.1 Å². The van der Waals surface area contributed by atoms with E-state index in [4.69, 9.17) is 23.2 Å². The van der Waals surface area contributed by atoms with Crippen LogP contribution in [-0.4, -0.2) is 63.5 Å². The third kappa shape index (κ3) is 4.38. The Labute approximate surface area is 198 Å². The van der Waals surface area contributed by atoms with E-state index in [0.717, 1.165) is 5.69 Å². The summed E-state index contributed by atoms with van der Waals surface area (Å²) in [5, 5.41) is 10.8. The number of hydrogen-bond acceptors (Lipinski definition) is 2. The number of carbonyl (C=O) groups is 2. The van der Waals surface area contributed by atoms with Crippen molar-refractivity contribution in [2.24, 2.45) is 0 Å². The van der Waals surface area contributed by atoms with E-state index >= 15 is 0 Å². The molecule has 145 valence electrons. The smallest absolute Gasteiger partial charge is 0.352 e. The Kier molecular flexibility index (Phi) is 7.56. The van der Waals surface area contributed by atoms with Crippen LogP contribution in [0.25, 0.3) is 17.0 Å². The van der Waals surface area contributed by atoms with Gasteiger partial charge in [0.2, 0.25) is 0 Å². The number of amides is 1. The summed E-state index contributed by atoms with van der Waals surface area (Å²) in [6, 6.07) is 12.5. The molecule has 6 nitrogen and oxygen atoms in total. The average Bonchev–Trinajstić information content (AvgIpc) is 3.17. The molecule has 0 spiro atoms. The molecular weight excluding hydrogens is 426 g/mol. The first-order valence-electron chi connectivity index (χ1n) is 8.27. The Morgan fingerprint density at radius 1 is 1.17 bits per heavy atom. The number of aromatic amines is 1. The number of rotatable bonds is 3. The fourth-order valence-electron chi connectivity index (χ4n) is 3.36. The quantitative estimate of drug-likeness (QED) is 0.476. The van der Waals surface area contributed by atoms with E-state index in [9.17, 15) is 14.7 Å². The normalized spacial score (nSPS) is 14.8.